The van der Waals surface area contributed by atoms with E-state index in [1.165, 1.54) is 29.7 Å². The molecule has 0 N–H and O–H groups in total. The molecule has 1 atom stereocenters. The second-order valence-corrected chi connectivity index (χ2v) is 9.77. The number of rotatable bonds is 5. The van der Waals surface area contributed by atoms with Crippen LogP contribution in [0, 0.1) is 0 Å². The van der Waals surface area contributed by atoms with E-state index in [9.17, 15) is 4.79 Å². The molecule has 2 heterocycles. The Kier molecular flexibility index (Phi) is 6.79. The average Bonchev–Trinajstić information content (AvgIpc) is 3.24. The second kappa shape index (κ2) is 9.52. The molecule has 0 aliphatic carbocycles. The summed E-state index contributed by atoms with van der Waals surface area (Å²) in [5.41, 5.74) is 4.28. The van der Waals surface area contributed by atoms with Crippen molar-refractivity contribution in [2.45, 2.75) is 37.6 Å². The molecule has 4 nitrogen and oxygen atoms in total. The van der Waals surface area contributed by atoms with Crippen molar-refractivity contribution in [3.8, 4) is 0 Å². The number of carbonyl (C=O) groups excluding carboxylic acids is 1. The van der Waals surface area contributed by atoms with Crippen molar-refractivity contribution in [3.63, 3.8) is 0 Å². The maximum absolute atomic E-state index is 12.4. The van der Waals surface area contributed by atoms with Crippen molar-refractivity contribution < 1.29 is 4.79 Å². The van der Waals surface area contributed by atoms with E-state index >= 15 is 0 Å². The number of carbonyl (C=O) groups is 1. The van der Waals surface area contributed by atoms with Crippen LogP contribution in [0.15, 0.2) is 53.0 Å². The van der Waals surface area contributed by atoms with Crippen molar-refractivity contribution >= 4 is 27.5 Å². The lowest BCUT2D eigenvalue weighted by Crippen LogP contribution is -2.42. The molecule has 160 valence electrons. The predicted molar refractivity (Wildman–Crippen MR) is 127 cm³/mol. The summed E-state index contributed by atoms with van der Waals surface area (Å²) < 4.78 is 1.12. The Labute approximate surface area is 189 Å². The number of benzene rings is 2. The third-order valence-corrected chi connectivity index (χ3v) is 7.03. The lowest BCUT2D eigenvalue weighted by molar-refractivity contribution is -0.132. The minimum atomic E-state index is 0.254. The fraction of sp³-hybridized carbons (Fsp3) is 0.480. The summed E-state index contributed by atoms with van der Waals surface area (Å²) in [6.07, 6.45) is 4.54. The second-order valence-electron chi connectivity index (χ2n) is 8.85. The summed E-state index contributed by atoms with van der Waals surface area (Å²) in [7, 11) is 3.92. The molecule has 0 aromatic heterocycles. The zero-order valence-corrected chi connectivity index (χ0v) is 19.6. The number of anilines is 1. The normalized spacial score (nSPS) is 20.2. The van der Waals surface area contributed by atoms with Crippen LogP contribution in [0.2, 0.25) is 0 Å². The van der Waals surface area contributed by atoms with Crippen LogP contribution in [-0.2, 0) is 4.79 Å². The predicted octanol–water partition coefficient (Wildman–Crippen LogP) is 5.06. The molecule has 2 saturated heterocycles. The topological polar surface area (TPSA) is 26.8 Å². The summed E-state index contributed by atoms with van der Waals surface area (Å²) >= 11 is 3.56. The molecule has 0 spiro atoms. The van der Waals surface area contributed by atoms with Crippen LogP contribution >= 0.6 is 15.9 Å². The highest BCUT2D eigenvalue weighted by atomic mass is 79.9. The number of piperidine rings is 1. The zero-order valence-electron chi connectivity index (χ0n) is 18.1. The van der Waals surface area contributed by atoms with E-state index in [1.807, 2.05) is 23.9 Å². The Balaban J connectivity index is 1.51. The summed E-state index contributed by atoms with van der Waals surface area (Å²) in [4.78, 5) is 19.0. The van der Waals surface area contributed by atoms with E-state index in [0.29, 0.717) is 18.5 Å². The Bertz CT molecular complexity index is 859. The van der Waals surface area contributed by atoms with Gasteiger partial charge in [-0.3, -0.25) is 4.79 Å². The molecule has 0 bridgehead atoms. The lowest BCUT2D eigenvalue weighted by Gasteiger charge is -2.35. The molecule has 30 heavy (non-hydrogen) atoms. The summed E-state index contributed by atoms with van der Waals surface area (Å²) in [5.74, 6) is 0.793. The quantitative estimate of drug-likeness (QED) is 0.612. The first kappa shape index (κ1) is 21.4. The van der Waals surface area contributed by atoms with E-state index in [4.69, 9.17) is 0 Å². The summed E-state index contributed by atoms with van der Waals surface area (Å²) in [6, 6.07) is 18.2. The van der Waals surface area contributed by atoms with Gasteiger partial charge in [-0.2, -0.15) is 0 Å². The molecule has 2 aliphatic rings. The van der Waals surface area contributed by atoms with Gasteiger partial charge in [0.1, 0.15) is 0 Å². The Morgan fingerprint density at radius 1 is 0.967 bits per heavy atom. The molecule has 0 unspecified atom stereocenters. The number of hydrogen-bond donors (Lipinski definition) is 0. The number of amides is 1. The van der Waals surface area contributed by atoms with Gasteiger partial charge in [0.2, 0.25) is 5.91 Å². The Hall–Kier alpha value is -1.85. The first-order chi connectivity index (χ1) is 14.5. The molecular weight excluding hydrogens is 438 g/mol. The summed E-state index contributed by atoms with van der Waals surface area (Å²) in [6.45, 7) is 3.35. The first-order valence-corrected chi connectivity index (χ1v) is 11.9. The molecule has 5 heteroatoms. The monoisotopic (exact) mass is 469 g/mol. The third kappa shape index (κ3) is 4.73. The molecule has 4 rings (SSSR count). The summed E-state index contributed by atoms with van der Waals surface area (Å²) in [5, 5.41) is 0. The SMILES string of the molecule is CN(C)CC(=O)N1CCC(c2ccccc2[C@H]2CCCN2c2ccc(Br)cc2)CC1. The van der Waals surface area contributed by atoms with Crippen molar-refractivity contribution in [1.29, 1.82) is 0 Å². The van der Waals surface area contributed by atoms with Gasteiger partial charge in [-0.05, 0) is 81.1 Å². The van der Waals surface area contributed by atoms with Gasteiger partial charge in [-0.25, -0.2) is 0 Å². The van der Waals surface area contributed by atoms with Crippen molar-refractivity contribution in [2.75, 3.05) is 45.2 Å². The Morgan fingerprint density at radius 3 is 2.30 bits per heavy atom. The maximum atomic E-state index is 12.4. The molecule has 2 aromatic rings. The van der Waals surface area contributed by atoms with E-state index in [-0.39, 0.29) is 5.91 Å². The number of likely N-dealkylation sites (N-methyl/N-ethyl adjacent to an activating group) is 1. The van der Waals surface area contributed by atoms with Crippen LogP contribution in [0.5, 0.6) is 0 Å². The molecule has 2 aromatic carbocycles. The van der Waals surface area contributed by atoms with Crippen molar-refractivity contribution in [2.24, 2.45) is 0 Å². The smallest absolute Gasteiger partial charge is 0.236 e. The lowest BCUT2D eigenvalue weighted by atomic mass is 9.84. The maximum Gasteiger partial charge on any atom is 0.236 e. The van der Waals surface area contributed by atoms with Crippen LogP contribution < -0.4 is 4.90 Å². The first-order valence-electron chi connectivity index (χ1n) is 11.1. The average molecular weight is 470 g/mol. The van der Waals surface area contributed by atoms with Crippen LogP contribution in [0.3, 0.4) is 0 Å². The van der Waals surface area contributed by atoms with Gasteiger partial charge in [0.25, 0.3) is 0 Å². The van der Waals surface area contributed by atoms with Crippen LogP contribution in [0.25, 0.3) is 0 Å². The van der Waals surface area contributed by atoms with E-state index < -0.39 is 0 Å². The largest absolute Gasteiger partial charge is 0.364 e. The highest BCUT2D eigenvalue weighted by molar-refractivity contribution is 9.10. The highest BCUT2D eigenvalue weighted by Gasteiger charge is 2.31. The zero-order chi connectivity index (χ0) is 21.1. The van der Waals surface area contributed by atoms with Gasteiger partial charge in [0, 0.05) is 29.8 Å². The van der Waals surface area contributed by atoms with Crippen LogP contribution in [0.4, 0.5) is 5.69 Å². The van der Waals surface area contributed by atoms with E-state index in [2.05, 4.69) is 69.4 Å². The van der Waals surface area contributed by atoms with Gasteiger partial charge in [-0.15, -0.1) is 0 Å². The van der Waals surface area contributed by atoms with Gasteiger partial charge in [0.15, 0.2) is 0 Å². The Morgan fingerprint density at radius 2 is 1.63 bits per heavy atom. The van der Waals surface area contributed by atoms with E-state index in [1.54, 1.807) is 0 Å². The molecule has 0 saturated carbocycles. The molecule has 2 aliphatic heterocycles. The minimum absolute atomic E-state index is 0.254. The molecular formula is C25H32BrN3O. The van der Waals surface area contributed by atoms with Gasteiger partial charge >= 0.3 is 0 Å². The van der Waals surface area contributed by atoms with Crippen LogP contribution in [-0.4, -0.2) is 56.0 Å². The highest BCUT2D eigenvalue weighted by Crippen LogP contribution is 2.41. The number of halogens is 1. The fourth-order valence-electron chi connectivity index (χ4n) is 5.03. The van der Waals surface area contributed by atoms with Crippen molar-refractivity contribution in [3.05, 3.63) is 64.1 Å². The number of hydrogen-bond acceptors (Lipinski definition) is 3. The number of nitrogens with zero attached hydrogens (tertiary/aromatic N) is 3. The fourth-order valence-corrected chi connectivity index (χ4v) is 5.29. The van der Waals surface area contributed by atoms with Crippen LogP contribution in [0.1, 0.15) is 48.8 Å². The van der Waals surface area contributed by atoms with Gasteiger partial charge in [-0.1, -0.05) is 40.2 Å². The number of likely N-dealkylation sites (tertiary alicyclic amines) is 1. The third-order valence-electron chi connectivity index (χ3n) is 6.51. The molecule has 2 fully saturated rings. The van der Waals surface area contributed by atoms with Gasteiger partial charge in [0.05, 0.1) is 12.6 Å². The van der Waals surface area contributed by atoms with Crippen molar-refractivity contribution in [1.82, 2.24) is 9.80 Å². The van der Waals surface area contributed by atoms with Gasteiger partial charge < -0.3 is 14.7 Å². The minimum Gasteiger partial charge on any atom is -0.364 e. The van der Waals surface area contributed by atoms with E-state index in [0.717, 1.165) is 36.9 Å². The standard InChI is InChI=1S/C25H32BrN3O/c1-27(2)18-25(30)28-16-13-19(14-17-28)22-6-3-4-7-23(22)24-8-5-15-29(24)21-11-9-20(26)10-12-21/h3-4,6-7,9-12,19,24H,5,8,13-18H2,1-2H3/t24-/m1/s1. The molecule has 1 amide bonds. The molecule has 0 radical (unpaired) electrons.